The van der Waals surface area contributed by atoms with Crippen molar-refractivity contribution in [3.8, 4) is 11.8 Å². The van der Waals surface area contributed by atoms with Crippen molar-refractivity contribution < 1.29 is 23.1 Å². The van der Waals surface area contributed by atoms with E-state index in [4.69, 9.17) is 0 Å². The largest absolute Gasteiger partial charge is 0.416 e. The molecule has 1 heterocycles. The highest BCUT2D eigenvalue weighted by Gasteiger charge is 2.39. The highest BCUT2D eigenvalue weighted by molar-refractivity contribution is 5.78. The van der Waals surface area contributed by atoms with Crippen molar-refractivity contribution >= 4 is 11.6 Å². The van der Waals surface area contributed by atoms with Gasteiger partial charge in [-0.1, -0.05) is 31.0 Å². The Morgan fingerprint density at radius 3 is 2.64 bits per heavy atom. The first kappa shape index (κ1) is 19.1. The molecule has 7 heteroatoms. The molecule has 0 bridgehead atoms. The standard InChI is InChI=1S/C18H21F3N2O2/c1-2-3-6-10-23-12-14-7-4-5-8-15(14)22(11-9-17(23)25)13-16(24)18(19,20)21/h4-5,7-8,16,24H,2,9-13H2,1H3. The summed E-state index contributed by atoms with van der Waals surface area (Å²) in [6.45, 7) is 2.02. The zero-order chi connectivity index (χ0) is 18.4. The molecule has 1 aliphatic rings. The van der Waals surface area contributed by atoms with Crippen LogP contribution in [0.2, 0.25) is 0 Å². The fourth-order valence-corrected chi connectivity index (χ4v) is 2.68. The second-order valence-corrected chi connectivity index (χ2v) is 5.84. The molecule has 0 aromatic heterocycles. The van der Waals surface area contributed by atoms with E-state index < -0.39 is 18.8 Å². The van der Waals surface area contributed by atoms with Crippen LogP contribution in [0.4, 0.5) is 18.9 Å². The Labute approximate surface area is 145 Å². The molecule has 1 atom stereocenters. The van der Waals surface area contributed by atoms with Crippen LogP contribution < -0.4 is 4.90 Å². The quantitative estimate of drug-likeness (QED) is 0.849. The number of β-amino-alcohol motifs (C(OH)–C–C–N with tert-alkyl or cyclic N) is 1. The normalized spacial score (nSPS) is 16.4. The number of alkyl halides is 3. The molecule has 1 aromatic rings. The van der Waals surface area contributed by atoms with Crippen LogP contribution in [-0.4, -0.2) is 47.8 Å². The molecule has 1 aliphatic heterocycles. The summed E-state index contributed by atoms with van der Waals surface area (Å²) in [4.78, 5) is 15.4. The highest BCUT2D eigenvalue weighted by atomic mass is 19.4. The zero-order valence-corrected chi connectivity index (χ0v) is 14.0. The molecule has 0 saturated carbocycles. The van der Waals surface area contributed by atoms with Crippen molar-refractivity contribution in [2.24, 2.45) is 0 Å². The Hall–Kier alpha value is -2.20. The van der Waals surface area contributed by atoms with Gasteiger partial charge in [-0.05, 0) is 11.6 Å². The third-order valence-corrected chi connectivity index (χ3v) is 3.98. The predicted octanol–water partition coefficient (Wildman–Crippen LogP) is 2.56. The zero-order valence-electron chi connectivity index (χ0n) is 14.0. The maximum atomic E-state index is 12.7. The summed E-state index contributed by atoms with van der Waals surface area (Å²) >= 11 is 0. The second-order valence-electron chi connectivity index (χ2n) is 5.84. The summed E-state index contributed by atoms with van der Waals surface area (Å²) in [5.74, 6) is 5.68. The van der Waals surface area contributed by atoms with Gasteiger partial charge in [-0.3, -0.25) is 4.79 Å². The average Bonchev–Trinajstić information content (AvgIpc) is 2.56. The van der Waals surface area contributed by atoms with Crippen LogP contribution in [0.15, 0.2) is 24.3 Å². The van der Waals surface area contributed by atoms with E-state index in [9.17, 15) is 23.1 Å². The first-order chi connectivity index (χ1) is 11.8. The number of carbonyl (C=O) groups excluding carboxylic acids is 1. The number of fused-ring (bicyclic) bond motifs is 1. The van der Waals surface area contributed by atoms with Crippen LogP contribution in [-0.2, 0) is 11.3 Å². The van der Waals surface area contributed by atoms with Crippen LogP contribution >= 0.6 is 0 Å². The summed E-state index contributed by atoms with van der Waals surface area (Å²) in [5, 5.41) is 9.41. The van der Waals surface area contributed by atoms with Gasteiger partial charge in [-0.15, -0.1) is 5.92 Å². The third-order valence-electron chi connectivity index (χ3n) is 3.98. The monoisotopic (exact) mass is 354 g/mol. The number of hydrogen-bond donors (Lipinski definition) is 1. The van der Waals surface area contributed by atoms with Crippen LogP contribution in [0.5, 0.6) is 0 Å². The van der Waals surface area contributed by atoms with Crippen molar-refractivity contribution in [1.29, 1.82) is 0 Å². The number of aliphatic hydroxyl groups excluding tert-OH is 1. The van der Waals surface area contributed by atoms with Crippen molar-refractivity contribution in [2.45, 2.75) is 38.6 Å². The number of halogens is 3. The SMILES string of the molecule is CCC#CCN1Cc2ccccc2N(CC(O)C(F)(F)F)CCC1=O. The summed E-state index contributed by atoms with van der Waals surface area (Å²) in [7, 11) is 0. The van der Waals surface area contributed by atoms with Crippen LogP contribution in [0.25, 0.3) is 0 Å². The number of amides is 1. The van der Waals surface area contributed by atoms with E-state index in [1.54, 1.807) is 29.2 Å². The molecule has 1 N–H and O–H groups in total. The van der Waals surface area contributed by atoms with Gasteiger partial charge in [-0.2, -0.15) is 13.2 Å². The molecular weight excluding hydrogens is 333 g/mol. The van der Waals surface area contributed by atoms with E-state index in [2.05, 4.69) is 11.8 Å². The molecule has 1 aromatic carbocycles. The van der Waals surface area contributed by atoms with Crippen LogP contribution in [0.3, 0.4) is 0 Å². The number of carbonyl (C=O) groups is 1. The number of hydrogen-bond acceptors (Lipinski definition) is 3. The molecule has 0 fully saturated rings. The van der Waals surface area contributed by atoms with Gasteiger partial charge in [-0.25, -0.2) is 0 Å². The number of anilines is 1. The Morgan fingerprint density at radius 1 is 1.24 bits per heavy atom. The Morgan fingerprint density at radius 2 is 1.96 bits per heavy atom. The minimum absolute atomic E-state index is 0.0761. The molecular formula is C18H21F3N2O2. The number of aliphatic hydroxyl groups is 1. The number of benzene rings is 1. The van der Waals surface area contributed by atoms with Crippen molar-refractivity contribution in [3.63, 3.8) is 0 Å². The van der Waals surface area contributed by atoms with Gasteiger partial charge >= 0.3 is 6.18 Å². The Bertz CT molecular complexity index is 664. The maximum absolute atomic E-state index is 12.7. The first-order valence-corrected chi connectivity index (χ1v) is 8.14. The van der Waals surface area contributed by atoms with Crippen LogP contribution in [0.1, 0.15) is 25.3 Å². The van der Waals surface area contributed by atoms with Gasteiger partial charge in [0.05, 0.1) is 13.1 Å². The van der Waals surface area contributed by atoms with E-state index in [1.165, 1.54) is 4.90 Å². The van der Waals surface area contributed by atoms with E-state index in [0.717, 1.165) is 5.56 Å². The summed E-state index contributed by atoms with van der Waals surface area (Å²) in [5.41, 5.74) is 1.34. The van der Waals surface area contributed by atoms with Crippen LogP contribution in [0, 0.1) is 11.8 Å². The lowest BCUT2D eigenvalue weighted by atomic mass is 10.1. The molecule has 2 rings (SSSR count). The minimum Gasteiger partial charge on any atom is -0.382 e. The molecule has 0 spiro atoms. The van der Waals surface area contributed by atoms with Crippen molar-refractivity contribution in [1.82, 2.24) is 4.90 Å². The van der Waals surface area contributed by atoms with Crippen molar-refractivity contribution in [2.75, 3.05) is 24.5 Å². The van der Waals surface area contributed by atoms with Gasteiger partial charge in [0.2, 0.25) is 5.91 Å². The summed E-state index contributed by atoms with van der Waals surface area (Å²) in [6, 6.07) is 7.00. The molecule has 0 saturated heterocycles. The summed E-state index contributed by atoms with van der Waals surface area (Å²) < 4.78 is 38.1. The lowest BCUT2D eigenvalue weighted by Crippen LogP contribution is -2.44. The molecule has 136 valence electrons. The van der Waals surface area contributed by atoms with Gasteiger partial charge < -0.3 is 14.9 Å². The number of para-hydroxylation sites is 1. The molecule has 0 radical (unpaired) electrons. The highest BCUT2D eigenvalue weighted by Crippen LogP contribution is 2.28. The lowest BCUT2D eigenvalue weighted by Gasteiger charge is -2.34. The Balaban J connectivity index is 2.26. The van der Waals surface area contributed by atoms with Gasteiger partial charge in [0, 0.05) is 31.6 Å². The minimum atomic E-state index is -4.69. The van der Waals surface area contributed by atoms with Crippen molar-refractivity contribution in [3.05, 3.63) is 29.8 Å². The molecule has 25 heavy (non-hydrogen) atoms. The molecule has 0 aliphatic carbocycles. The van der Waals surface area contributed by atoms with E-state index in [0.29, 0.717) is 18.7 Å². The summed E-state index contributed by atoms with van der Waals surface area (Å²) in [6.07, 6.45) is -6.38. The topological polar surface area (TPSA) is 43.8 Å². The second kappa shape index (κ2) is 8.26. The number of nitrogens with zero attached hydrogens (tertiary/aromatic N) is 2. The lowest BCUT2D eigenvalue weighted by molar-refractivity contribution is -0.200. The van der Waals surface area contributed by atoms with E-state index >= 15 is 0 Å². The van der Waals surface area contributed by atoms with Gasteiger partial charge in [0.25, 0.3) is 0 Å². The first-order valence-electron chi connectivity index (χ1n) is 8.14. The predicted molar refractivity (Wildman–Crippen MR) is 88.8 cm³/mol. The fourth-order valence-electron chi connectivity index (χ4n) is 2.68. The maximum Gasteiger partial charge on any atom is 0.416 e. The third kappa shape index (κ3) is 5.13. The average molecular weight is 354 g/mol. The smallest absolute Gasteiger partial charge is 0.382 e. The van der Waals surface area contributed by atoms with Gasteiger partial charge in [0.15, 0.2) is 6.10 Å². The fraction of sp³-hybridized carbons (Fsp3) is 0.500. The van der Waals surface area contributed by atoms with Gasteiger partial charge in [0.1, 0.15) is 0 Å². The molecule has 1 amide bonds. The molecule has 4 nitrogen and oxygen atoms in total. The van der Waals surface area contributed by atoms with E-state index in [1.807, 2.05) is 6.92 Å². The Kier molecular flexibility index (Phi) is 6.32. The number of rotatable bonds is 3. The van der Waals surface area contributed by atoms with E-state index in [-0.39, 0.29) is 25.4 Å². The molecule has 1 unspecified atom stereocenters.